The second kappa shape index (κ2) is 6.90. The summed E-state index contributed by atoms with van der Waals surface area (Å²) in [5.74, 6) is 1.61. The van der Waals surface area contributed by atoms with E-state index < -0.39 is 9.73 Å². The van der Waals surface area contributed by atoms with Crippen LogP contribution in [0.5, 0.6) is 0 Å². The molecule has 1 aliphatic heterocycles. The maximum atomic E-state index is 12.2. The highest BCUT2D eigenvalue weighted by Crippen LogP contribution is 2.25. The SMILES string of the molecule is C[C@@H]1COCCN1c1cc(N=S(C)(C)=O)nc(-n2cnc3ccccc32)n1. The minimum absolute atomic E-state index is 0.182. The van der Waals surface area contributed by atoms with E-state index in [2.05, 4.69) is 26.2 Å². The first-order chi connectivity index (χ1) is 12.9. The van der Waals surface area contributed by atoms with Gasteiger partial charge in [-0.05, 0) is 19.1 Å². The molecule has 0 unspecified atom stereocenters. The van der Waals surface area contributed by atoms with E-state index in [1.165, 1.54) is 0 Å². The van der Waals surface area contributed by atoms with E-state index in [4.69, 9.17) is 9.72 Å². The van der Waals surface area contributed by atoms with Gasteiger partial charge in [0, 0.05) is 34.9 Å². The zero-order valence-electron chi connectivity index (χ0n) is 15.6. The van der Waals surface area contributed by atoms with Crippen molar-refractivity contribution >= 4 is 32.4 Å². The van der Waals surface area contributed by atoms with Gasteiger partial charge in [-0.25, -0.2) is 9.19 Å². The predicted octanol–water partition coefficient (Wildman–Crippen LogP) is 2.40. The fourth-order valence-corrected chi connectivity index (χ4v) is 3.67. The number of aromatic nitrogens is 4. The first kappa shape index (κ1) is 17.9. The smallest absolute Gasteiger partial charge is 0.239 e. The van der Waals surface area contributed by atoms with Gasteiger partial charge in [-0.2, -0.15) is 14.3 Å². The second-order valence-electron chi connectivity index (χ2n) is 6.88. The Kier molecular flexibility index (Phi) is 4.56. The van der Waals surface area contributed by atoms with E-state index in [0.29, 0.717) is 25.0 Å². The number of anilines is 1. The van der Waals surface area contributed by atoms with Crippen molar-refractivity contribution in [1.82, 2.24) is 19.5 Å². The zero-order valence-corrected chi connectivity index (χ0v) is 16.4. The first-order valence-corrected chi connectivity index (χ1v) is 11.1. The van der Waals surface area contributed by atoms with E-state index >= 15 is 0 Å². The Bertz CT molecular complexity index is 1090. The Morgan fingerprint density at radius 3 is 2.85 bits per heavy atom. The van der Waals surface area contributed by atoms with Gasteiger partial charge < -0.3 is 9.64 Å². The number of hydrogen-bond acceptors (Lipinski definition) is 7. The third-order valence-electron chi connectivity index (χ3n) is 4.33. The molecule has 1 aliphatic rings. The molecule has 9 heteroatoms. The molecule has 0 aliphatic carbocycles. The van der Waals surface area contributed by atoms with Crippen LogP contribution < -0.4 is 4.90 Å². The summed E-state index contributed by atoms with van der Waals surface area (Å²) in [6, 6.07) is 9.77. The Morgan fingerprint density at radius 1 is 1.26 bits per heavy atom. The summed E-state index contributed by atoms with van der Waals surface area (Å²) in [5, 5.41) is 0. The van der Waals surface area contributed by atoms with Crippen LogP contribution in [0.25, 0.3) is 17.0 Å². The summed E-state index contributed by atoms with van der Waals surface area (Å²) in [6.07, 6.45) is 4.89. The van der Waals surface area contributed by atoms with Crippen LogP contribution in [0.1, 0.15) is 6.92 Å². The Balaban J connectivity index is 1.89. The summed E-state index contributed by atoms with van der Waals surface area (Å²) in [4.78, 5) is 15.9. The van der Waals surface area contributed by atoms with E-state index in [1.54, 1.807) is 24.9 Å². The number of imidazole rings is 1. The average Bonchev–Trinajstić information content (AvgIpc) is 3.04. The van der Waals surface area contributed by atoms with Gasteiger partial charge in [0.1, 0.15) is 12.1 Å². The molecule has 8 nitrogen and oxygen atoms in total. The van der Waals surface area contributed by atoms with Crippen LogP contribution in [0.3, 0.4) is 0 Å². The molecular formula is C18H22N6O2S. The molecule has 4 rings (SSSR count). The van der Waals surface area contributed by atoms with Crippen LogP contribution >= 0.6 is 0 Å². The molecule has 0 amide bonds. The second-order valence-corrected chi connectivity index (χ2v) is 9.42. The van der Waals surface area contributed by atoms with Gasteiger partial charge >= 0.3 is 0 Å². The Hall–Kier alpha value is -2.52. The molecule has 0 spiro atoms. The molecule has 3 heterocycles. The molecule has 142 valence electrons. The van der Waals surface area contributed by atoms with Crippen LogP contribution in [-0.4, -0.2) is 62.0 Å². The lowest BCUT2D eigenvalue weighted by Gasteiger charge is -2.34. The Morgan fingerprint density at radius 2 is 2.07 bits per heavy atom. The lowest BCUT2D eigenvalue weighted by atomic mass is 10.2. The topological polar surface area (TPSA) is 85.5 Å². The van der Waals surface area contributed by atoms with Gasteiger partial charge in [0.25, 0.3) is 0 Å². The maximum Gasteiger partial charge on any atom is 0.239 e. The van der Waals surface area contributed by atoms with E-state index in [9.17, 15) is 4.21 Å². The number of benzene rings is 1. The van der Waals surface area contributed by atoms with Crippen molar-refractivity contribution in [2.75, 3.05) is 37.2 Å². The summed E-state index contributed by atoms with van der Waals surface area (Å²) >= 11 is 0. The number of rotatable bonds is 3. The van der Waals surface area contributed by atoms with Crippen LogP contribution in [0, 0.1) is 0 Å². The molecule has 1 fully saturated rings. The quantitative estimate of drug-likeness (QED) is 0.687. The van der Waals surface area contributed by atoms with Crippen LogP contribution in [0.4, 0.5) is 11.6 Å². The van der Waals surface area contributed by atoms with Crippen LogP contribution in [0.15, 0.2) is 41.0 Å². The number of morpholine rings is 1. The van der Waals surface area contributed by atoms with Gasteiger partial charge in [-0.3, -0.25) is 4.57 Å². The molecule has 1 saturated heterocycles. The Labute approximate surface area is 158 Å². The summed E-state index contributed by atoms with van der Waals surface area (Å²) < 4.78 is 23.9. The fraction of sp³-hybridized carbons (Fsp3) is 0.389. The van der Waals surface area contributed by atoms with Crippen molar-refractivity contribution in [1.29, 1.82) is 0 Å². The third-order valence-corrected chi connectivity index (χ3v) is 4.96. The van der Waals surface area contributed by atoms with Crippen molar-refractivity contribution in [3.63, 3.8) is 0 Å². The first-order valence-electron chi connectivity index (χ1n) is 8.74. The molecule has 27 heavy (non-hydrogen) atoms. The van der Waals surface area contributed by atoms with Gasteiger partial charge in [-0.1, -0.05) is 12.1 Å². The molecular weight excluding hydrogens is 364 g/mol. The minimum Gasteiger partial charge on any atom is -0.377 e. The standard InChI is InChI=1S/C18H22N6O2S/c1-13-11-26-9-8-23(13)17-10-16(22-27(2,3)25)20-18(21-17)24-12-19-14-6-4-5-7-15(14)24/h4-7,10,12-13H,8-9,11H2,1-3H3/t13-/m1/s1. The lowest BCUT2D eigenvalue weighted by Crippen LogP contribution is -2.44. The molecule has 0 radical (unpaired) electrons. The summed E-state index contributed by atoms with van der Waals surface area (Å²) in [6.45, 7) is 4.10. The van der Waals surface area contributed by atoms with Gasteiger partial charge in [0.15, 0.2) is 5.82 Å². The summed E-state index contributed by atoms with van der Waals surface area (Å²) in [5.41, 5.74) is 1.77. The van der Waals surface area contributed by atoms with Gasteiger partial charge in [0.2, 0.25) is 5.95 Å². The number of fused-ring (bicyclic) bond motifs is 1. The highest BCUT2D eigenvalue weighted by Gasteiger charge is 2.22. The van der Waals surface area contributed by atoms with Crippen molar-refractivity contribution < 1.29 is 8.95 Å². The fourth-order valence-electron chi connectivity index (χ4n) is 3.12. The molecule has 1 atom stereocenters. The highest BCUT2D eigenvalue weighted by molar-refractivity contribution is 7.92. The van der Waals surface area contributed by atoms with Crippen LogP contribution in [0.2, 0.25) is 0 Å². The van der Waals surface area contributed by atoms with Crippen molar-refractivity contribution in [3.05, 3.63) is 36.7 Å². The van der Waals surface area contributed by atoms with Gasteiger partial charge in [0.05, 0.1) is 30.3 Å². The minimum atomic E-state index is -2.35. The molecule has 0 bridgehead atoms. The largest absolute Gasteiger partial charge is 0.377 e. The molecule has 0 saturated carbocycles. The molecule has 0 N–H and O–H groups in total. The van der Waals surface area contributed by atoms with Gasteiger partial charge in [-0.15, -0.1) is 0 Å². The van der Waals surface area contributed by atoms with Crippen molar-refractivity contribution in [2.45, 2.75) is 13.0 Å². The third kappa shape index (κ3) is 3.79. The molecule has 2 aromatic heterocycles. The predicted molar refractivity (Wildman–Crippen MR) is 106 cm³/mol. The van der Waals surface area contributed by atoms with E-state index in [-0.39, 0.29) is 6.04 Å². The lowest BCUT2D eigenvalue weighted by molar-refractivity contribution is 0.0985. The number of hydrogen-bond donors (Lipinski definition) is 0. The van der Waals surface area contributed by atoms with E-state index in [0.717, 1.165) is 23.4 Å². The van der Waals surface area contributed by atoms with Crippen molar-refractivity contribution in [2.24, 2.45) is 4.36 Å². The normalized spacial score (nSPS) is 18.0. The number of para-hydroxylation sites is 2. The monoisotopic (exact) mass is 386 g/mol. The maximum absolute atomic E-state index is 12.2. The molecule has 3 aromatic rings. The summed E-state index contributed by atoms with van der Waals surface area (Å²) in [7, 11) is -2.35. The zero-order chi connectivity index (χ0) is 19.0. The average molecular weight is 386 g/mol. The molecule has 1 aromatic carbocycles. The number of nitrogens with zero attached hydrogens (tertiary/aromatic N) is 6. The van der Waals surface area contributed by atoms with Crippen molar-refractivity contribution in [3.8, 4) is 5.95 Å². The van der Waals surface area contributed by atoms with E-state index in [1.807, 2.05) is 28.8 Å². The number of ether oxygens (including phenoxy) is 1. The highest BCUT2D eigenvalue weighted by atomic mass is 32.2. The van der Waals surface area contributed by atoms with Crippen LogP contribution in [-0.2, 0) is 14.5 Å².